The summed E-state index contributed by atoms with van der Waals surface area (Å²) in [4.78, 5) is 10.9. The predicted octanol–water partition coefficient (Wildman–Crippen LogP) is 2.15. The minimum atomic E-state index is -3.95. The quantitative estimate of drug-likeness (QED) is 0.479. The van der Waals surface area contributed by atoms with Gasteiger partial charge in [0.15, 0.2) is 0 Å². The lowest BCUT2D eigenvalue weighted by atomic mass is 10.2. The van der Waals surface area contributed by atoms with E-state index in [9.17, 15) is 13.2 Å². The second kappa shape index (κ2) is 8.15. The van der Waals surface area contributed by atoms with E-state index >= 15 is 0 Å². The Morgan fingerprint density at radius 2 is 1.60 bits per heavy atom. The normalized spacial score (nSPS) is 11.1. The molecule has 0 fully saturated rings. The molecule has 0 bridgehead atoms. The van der Waals surface area contributed by atoms with Crippen LogP contribution in [0.3, 0.4) is 0 Å². The predicted molar refractivity (Wildman–Crippen MR) is 90.4 cm³/mol. The zero-order valence-electron chi connectivity index (χ0n) is 13.5. The molecule has 2 aromatic rings. The van der Waals surface area contributed by atoms with E-state index in [1.807, 2.05) is 0 Å². The Hall–Kier alpha value is -3.07. The van der Waals surface area contributed by atoms with Crippen molar-refractivity contribution in [3.05, 3.63) is 54.1 Å². The summed E-state index contributed by atoms with van der Waals surface area (Å²) in [5.74, 6) is 0.692. The van der Waals surface area contributed by atoms with Crippen molar-refractivity contribution in [1.82, 2.24) is 5.43 Å². The number of carbonyl (C=O) groups is 1. The Bertz CT molecular complexity index is 845. The lowest BCUT2D eigenvalue weighted by molar-refractivity contribution is 0.171. The minimum absolute atomic E-state index is 0.0150. The SMILES string of the molecule is COC(=O)N/N=C\c1ccc(OS(=O)(=O)c2ccc(OC)cc2)cc1. The maximum absolute atomic E-state index is 12.2. The van der Waals surface area contributed by atoms with Gasteiger partial charge in [-0.2, -0.15) is 13.5 Å². The summed E-state index contributed by atoms with van der Waals surface area (Å²) in [7, 11) is -1.23. The molecule has 25 heavy (non-hydrogen) atoms. The molecule has 0 radical (unpaired) electrons. The summed E-state index contributed by atoms with van der Waals surface area (Å²) in [5, 5.41) is 3.66. The maximum Gasteiger partial charge on any atom is 0.427 e. The average molecular weight is 364 g/mol. The van der Waals surface area contributed by atoms with Crippen LogP contribution in [0.4, 0.5) is 4.79 Å². The van der Waals surface area contributed by atoms with Crippen LogP contribution in [0.1, 0.15) is 5.56 Å². The first-order chi connectivity index (χ1) is 11.9. The molecule has 0 heterocycles. The third-order valence-electron chi connectivity index (χ3n) is 2.99. The van der Waals surface area contributed by atoms with Gasteiger partial charge in [0.2, 0.25) is 0 Å². The van der Waals surface area contributed by atoms with Crippen molar-refractivity contribution in [3.8, 4) is 11.5 Å². The Labute approximate surface area is 145 Å². The number of methoxy groups -OCH3 is 2. The van der Waals surface area contributed by atoms with Gasteiger partial charge in [0.25, 0.3) is 0 Å². The van der Waals surface area contributed by atoms with Crippen molar-refractivity contribution >= 4 is 22.4 Å². The second-order valence-electron chi connectivity index (χ2n) is 4.64. The van der Waals surface area contributed by atoms with Crippen molar-refractivity contribution in [2.45, 2.75) is 4.90 Å². The number of amides is 1. The van der Waals surface area contributed by atoms with Crippen molar-refractivity contribution in [3.63, 3.8) is 0 Å². The molecule has 1 N–H and O–H groups in total. The van der Waals surface area contributed by atoms with Crippen LogP contribution >= 0.6 is 0 Å². The molecule has 0 aliphatic heterocycles. The number of nitrogens with zero attached hydrogens (tertiary/aromatic N) is 1. The highest BCUT2D eigenvalue weighted by Gasteiger charge is 2.16. The highest BCUT2D eigenvalue weighted by Crippen LogP contribution is 2.21. The number of nitrogens with one attached hydrogen (secondary N) is 1. The minimum Gasteiger partial charge on any atom is -0.497 e. The number of hydrogen-bond acceptors (Lipinski definition) is 7. The Balaban J connectivity index is 2.05. The van der Waals surface area contributed by atoms with Gasteiger partial charge in [-0.1, -0.05) is 0 Å². The maximum atomic E-state index is 12.2. The van der Waals surface area contributed by atoms with E-state index in [1.54, 1.807) is 12.1 Å². The number of benzene rings is 2. The third-order valence-corrected chi connectivity index (χ3v) is 4.25. The molecular weight excluding hydrogens is 348 g/mol. The first-order valence-electron chi connectivity index (χ1n) is 7.00. The molecule has 0 aliphatic carbocycles. The molecule has 0 spiro atoms. The average Bonchev–Trinajstić information content (AvgIpc) is 2.62. The zero-order valence-corrected chi connectivity index (χ0v) is 14.3. The highest BCUT2D eigenvalue weighted by molar-refractivity contribution is 7.87. The monoisotopic (exact) mass is 364 g/mol. The van der Waals surface area contributed by atoms with Crippen LogP contribution in [0.5, 0.6) is 11.5 Å². The molecule has 0 atom stereocenters. The van der Waals surface area contributed by atoms with Crippen LogP contribution in [-0.4, -0.2) is 34.9 Å². The van der Waals surface area contributed by atoms with Gasteiger partial charge < -0.3 is 13.7 Å². The summed E-state index contributed by atoms with van der Waals surface area (Å²) in [6, 6.07) is 12.0. The molecule has 0 unspecified atom stereocenters. The molecule has 2 rings (SSSR count). The molecule has 0 aliphatic rings. The second-order valence-corrected chi connectivity index (χ2v) is 6.19. The van der Waals surface area contributed by atoms with E-state index in [2.05, 4.69) is 15.3 Å². The number of rotatable bonds is 6. The van der Waals surface area contributed by atoms with Gasteiger partial charge in [-0.15, -0.1) is 0 Å². The summed E-state index contributed by atoms with van der Waals surface area (Å²) in [5.41, 5.74) is 2.77. The fraction of sp³-hybridized carbons (Fsp3) is 0.125. The summed E-state index contributed by atoms with van der Waals surface area (Å²) in [6.45, 7) is 0. The van der Waals surface area contributed by atoms with E-state index < -0.39 is 16.2 Å². The van der Waals surface area contributed by atoms with Crippen LogP contribution in [0.15, 0.2) is 58.5 Å². The van der Waals surface area contributed by atoms with E-state index in [0.717, 1.165) is 0 Å². The van der Waals surface area contributed by atoms with Crippen LogP contribution in [0, 0.1) is 0 Å². The zero-order chi connectivity index (χ0) is 18.3. The van der Waals surface area contributed by atoms with E-state index in [-0.39, 0.29) is 10.6 Å². The smallest absolute Gasteiger partial charge is 0.427 e. The first kappa shape index (κ1) is 18.3. The molecule has 0 aromatic heterocycles. The van der Waals surface area contributed by atoms with Crippen LogP contribution in [0.2, 0.25) is 0 Å². The third kappa shape index (κ3) is 5.21. The molecule has 0 saturated carbocycles. The molecule has 132 valence electrons. The summed E-state index contributed by atoms with van der Waals surface area (Å²) < 4.78 is 38.9. The van der Waals surface area contributed by atoms with Gasteiger partial charge in [-0.05, 0) is 54.1 Å². The van der Waals surface area contributed by atoms with Crippen LogP contribution in [-0.2, 0) is 14.9 Å². The van der Waals surface area contributed by atoms with Crippen molar-refractivity contribution in [2.75, 3.05) is 14.2 Å². The van der Waals surface area contributed by atoms with Gasteiger partial charge in [0.1, 0.15) is 16.4 Å². The molecule has 2 aromatic carbocycles. The summed E-state index contributed by atoms with van der Waals surface area (Å²) >= 11 is 0. The molecule has 1 amide bonds. The Kier molecular flexibility index (Phi) is 5.96. The lowest BCUT2D eigenvalue weighted by Crippen LogP contribution is -2.16. The first-order valence-corrected chi connectivity index (χ1v) is 8.41. The van der Waals surface area contributed by atoms with Gasteiger partial charge >= 0.3 is 16.2 Å². The van der Waals surface area contributed by atoms with Crippen molar-refractivity contribution in [2.24, 2.45) is 5.10 Å². The van der Waals surface area contributed by atoms with E-state index in [4.69, 9.17) is 8.92 Å². The number of hydrogen-bond donors (Lipinski definition) is 1. The van der Waals surface area contributed by atoms with E-state index in [1.165, 1.54) is 56.8 Å². The molecule has 8 nitrogen and oxygen atoms in total. The highest BCUT2D eigenvalue weighted by atomic mass is 32.2. The van der Waals surface area contributed by atoms with Crippen molar-refractivity contribution in [1.29, 1.82) is 0 Å². The molecular formula is C16H16N2O6S. The lowest BCUT2D eigenvalue weighted by Gasteiger charge is -2.08. The standard InChI is InChI=1S/C16H16N2O6S/c1-22-13-7-9-15(10-8-13)25(20,21)24-14-5-3-12(4-6-14)11-17-18-16(19)23-2/h3-11H,1-2H3,(H,18,19)/b17-11-. The van der Waals surface area contributed by atoms with Gasteiger partial charge in [-0.3, -0.25) is 0 Å². The van der Waals surface area contributed by atoms with Gasteiger partial charge in [0, 0.05) is 0 Å². The van der Waals surface area contributed by atoms with Crippen LogP contribution in [0.25, 0.3) is 0 Å². The fourth-order valence-electron chi connectivity index (χ4n) is 1.73. The number of ether oxygens (including phenoxy) is 2. The summed E-state index contributed by atoms with van der Waals surface area (Å²) in [6.07, 6.45) is 0.681. The molecule has 9 heteroatoms. The fourth-order valence-corrected chi connectivity index (χ4v) is 2.66. The number of hydrazone groups is 1. The van der Waals surface area contributed by atoms with Crippen molar-refractivity contribution < 1.29 is 26.9 Å². The molecule has 0 saturated heterocycles. The topological polar surface area (TPSA) is 103 Å². The van der Waals surface area contributed by atoms with Crippen LogP contribution < -0.4 is 14.3 Å². The Morgan fingerprint density at radius 3 is 2.16 bits per heavy atom. The number of carbonyl (C=O) groups excluding carboxylic acids is 1. The van der Waals surface area contributed by atoms with Gasteiger partial charge in [0.05, 0.1) is 20.4 Å². The Morgan fingerprint density at radius 1 is 1.00 bits per heavy atom. The van der Waals surface area contributed by atoms with Gasteiger partial charge in [-0.25, -0.2) is 10.2 Å². The van der Waals surface area contributed by atoms with E-state index in [0.29, 0.717) is 11.3 Å². The largest absolute Gasteiger partial charge is 0.497 e.